The van der Waals surface area contributed by atoms with E-state index in [0.717, 1.165) is 29.6 Å². The van der Waals surface area contributed by atoms with Crippen LogP contribution in [0.1, 0.15) is 19.2 Å². The Kier molecular flexibility index (Phi) is 2.31. The third-order valence-corrected chi connectivity index (χ3v) is 2.15. The van der Waals surface area contributed by atoms with E-state index in [1.165, 1.54) is 0 Å². The van der Waals surface area contributed by atoms with Crippen LogP contribution in [0.3, 0.4) is 0 Å². The Labute approximate surface area is 83.0 Å². The average Bonchev–Trinajstić information content (AvgIpc) is 2.18. The molecule has 0 saturated heterocycles. The molecular formula is C11H13N3. The normalized spacial score (nSPS) is 10.6. The minimum atomic E-state index is 0.582. The Morgan fingerprint density at radius 2 is 2.00 bits per heavy atom. The molecule has 3 heteroatoms. The number of anilines is 1. The number of nitrogen functional groups attached to an aromatic ring is 1. The maximum atomic E-state index is 5.84. The number of hydrogen-bond donors (Lipinski definition) is 1. The lowest BCUT2D eigenvalue weighted by atomic mass is 10.2. The number of nitrogens with two attached hydrogens (primary N) is 1. The summed E-state index contributed by atoms with van der Waals surface area (Å²) in [7, 11) is 0. The van der Waals surface area contributed by atoms with Crippen LogP contribution in [0.2, 0.25) is 0 Å². The fourth-order valence-electron chi connectivity index (χ4n) is 1.49. The predicted octanol–water partition coefficient (Wildman–Crippen LogP) is 2.16. The zero-order valence-electron chi connectivity index (χ0n) is 8.20. The summed E-state index contributed by atoms with van der Waals surface area (Å²) in [6, 6.07) is 7.82. The Balaban J connectivity index is 2.60. The molecule has 0 fully saturated rings. The summed E-state index contributed by atoms with van der Waals surface area (Å²) in [5.41, 5.74) is 6.77. The predicted molar refractivity (Wildman–Crippen MR) is 57.9 cm³/mol. The number of benzene rings is 1. The van der Waals surface area contributed by atoms with Gasteiger partial charge < -0.3 is 5.73 Å². The van der Waals surface area contributed by atoms with Crippen molar-refractivity contribution < 1.29 is 0 Å². The smallest absolute Gasteiger partial charge is 0.135 e. The van der Waals surface area contributed by atoms with Crippen LogP contribution >= 0.6 is 0 Å². The van der Waals surface area contributed by atoms with Gasteiger partial charge >= 0.3 is 0 Å². The van der Waals surface area contributed by atoms with Crippen molar-refractivity contribution >= 4 is 16.7 Å². The molecule has 14 heavy (non-hydrogen) atoms. The molecule has 1 heterocycles. The Morgan fingerprint density at radius 1 is 1.21 bits per heavy atom. The first kappa shape index (κ1) is 8.94. The first-order chi connectivity index (χ1) is 6.81. The molecule has 2 N–H and O–H groups in total. The van der Waals surface area contributed by atoms with Crippen molar-refractivity contribution in [2.24, 2.45) is 0 Å². The van der Waals surface area contributed by atoms with E-state index in [2.05, 4.69) is 16.9 Å². The van der Waals surface area contributed by atoms with Gasteiger partial charge in [-0.15, -0.1) is 0 Å². The molecule has 0 radical (unpaired) electrons. The monoisotopic (exact) mass is 187 g/mol. The van der Waals surface area contributed by atoms with E-state index in [-0.39, 0.29) is 0 Å². The molecule has 1 aromatic heterocycles. The highest BCUT2D eigenvalue weighted by atomic mass is 14.9. The standard InChI is InChI=1S/C11H13N3/c1-2-5-10-13-9-7-4-3-6-8(9)11(12)14-10/h3-4,6-7H,2,5H2,1H3,(H2,12,13,14). The third-order valence-electron chi connectivity index (χ3n) is 2.15. The van der Waals surface area contributed by atoms with Crippen LogP contribution in [0, 0.1) is 0 Å². The summed E-state index contributed by atoms with van der Waals surface area (Å²) >= 11 is 0. The topological polar surface area (TPSA) is 51.8 Å². The lowest BCUT2D eigenvalue weighted by molar-refractivity contribution is 0.847. The Bertz CT molecular complexity index is 451. The van der Waals surface area contributed by atoms with Gasteiger partial charge in [0, 0.05) is 11.8 Å². The highest BCUT2D eigenvalue weighted by molar-refractivity contribution is 5.87. The zero-order valence-corrected chi connectivity index (χ0v) is 8.20. The van der Waals surface area contributed by atoms with Crippen molar-refractivity contribution in [2.75, 3.05) is 5.73 Å². The van der Waals surface area contributed by atoms with Crippen molar-refractivity contribution in [3.63, 3.8) is 0 Å². The molecule has 1 aromatic carbocycles. The Morgan fingerprint density at radius 3 is 2.79 bits per heavy atom. The number of fused-ring (bicyclic) bond motifs is 1. The molecule has 2 rings (SSSR count). The number of hydrogen-bond acceptors (Lipinski definition) is 3. The van der Waals surface area contributed by atoms with E-state index in [0.29, 0.717) is 5.82 Å². The van der Waals surface area contributed by atoms with Gasteiger partial charge in [-0.05, 0) is 18.6 Å². The molecule has 0 unspecified atom stereocenters. The number of para-hydroxylation sites is 1. The maximum absolute atomic E-state index is 5.84. The first-order valence-corrected chi connectivity index (χ1v) is 4.82. The summed E-state index contributed by atoms with van der Waals surface area (Å²) in [6.07, 6.45) is 1.92. The minimum Gasteiger partial charge on any atom is -0.383 e. The Hall–Kier alpha value is -1.64. The van der Waals surface area contributed by atoms with E-state index in [1.54, 1.807) is 0 Å². The molecule has 72 valence electrons. The lowest BCUT2D eigenvalue weighted by Gasteiger charge is -2.03. The van der Waals surface area contributed by atoms with E-state index in [9.17, 15) is 0 Å². The molecule has 2 aromatic rings. The molecule has 0 spiro atoms. The summed E-state index contributed by atoms with van der Waals surface area (Å²) < 4.78 is 0. The van der Waals surface area contributed by atoms with Gasteiger partial charge in [-0.25, -0.2) is 9.97 Å². The van der Waals surface area contributed by atoms with Gasteiger partial charge in [-0.3, -0.25) is 0 Å². The highest BCUT2D eigenvalue weighted by Crippen LogP contribution is 2.17. The SMILES string of the molecule is CCCc1nc(N)c2ccccc2n1. The van der Waals surface area contributed by atoms with Crippen LogP contribution in [-0.4, -0.2) is 9.97 Å². The molecule has 0 aliphatic heterocycles. The molecule has 0 saturated carbocycles. The van der Waals surface area contributed by atoms with Crippen molar-refractivity contribution in [1.82, 2.24) is 9.97 Å². The number of aryl methyl sites for hydroxylation is 1. The quantitative estimate of drug-likeness (QED) is 0.783. The van der Waals surface area contributed by atoms with Crippen LogP contribution in [-0.2, 0) is 6.42 Å². The molecule has 0 bridgehead atoms. The van der Waals surface area contributed by atoms with Gasteiger partial charge in [-0.1, -0.05) is 19.1 Å². The summed E-state index contributed by atoms with van der Waals surface area (Å²) in [5.74, 6) is 1.42. The van der Waals surface area contributed by atoms with Crippen LogP contribution in [0.5, 0.6) is 0 Å². The van der Waals surface area contributed by atoms with E-state index in [4.69, 9.17) is 5.73 Å². The summed E-state index contributed by atoms with van der Waals surface area (Å²) in [6.45, 7) is 2.11. The van der Waals surface area contributed by atoms with Crippen LogP contribution in [0.4, 0.5) is 5.82 Å². The van der Waals surface area contributed by atoms with Crippen molar-refractivity contribution in [3.8, 4) is 0 Å². The van der Waals surface area contributed by atoms with Gasteiger partial charge in [0.2, 0.25) is 0 Å². The molecule has 3 nitrogen and oxygen atoms in total. The van der Waals surface area contributed by atoms with Gasteiger partial charge in [0.05, 0.1) is 5.52 Å². The largest absolute Gasteiger partial charge is 0.383 e. The van der Waals surface area contributed by atoms with Gasteiger partial charge in [0.1, 0.15) is 11.6 Å². The average molecular weight is 187 g/mol. The second-order valence-electron chi connectivity index (χ2n) is 3.29. The van der Waals surface area contributed by atoms with Crippen molar-refractivity contribution in [1.29, 1.82) is 0 Å². The van der Waals surface area contributed by atoms with Gasteiger partial charge in [0.25, 0.3) is 0 Å². The van der Waals surface area contributed by atoms with Gasteiger partial charge in [-0.2, -0.15) is 0 Å². The molecule has 0 aliphatic carbocycles. The van der Waals surface area contributed by atoms with E-state index >= 15 is 0 Å². The minimum absolute atomic E-state index is 0.582. The fourth-order valence-corrected chi connectivity index (χ4v) is 1.49. The maximum Gasteiger partial charge on any atom is 0.135 e. The molecule has 0 aliphatic rings. The van der Waals surface area contributed by atoms with Gasteiger partial charge in [0.15, 0.2) is 0 Å². The molecule has 0 amide bonds. The van der Waals surface area contributed by atoms with E-state index < -0.39 is 0 Å². The second-order valence-corrected chi connectivity index (χ2v) is 3.29. The van der Waals surface area contributed by atoms with Crippen molar-refractivity contribution in [3.05, 3.63) is 30.1 Å². The number of nitrogens with zero attached hydrogens (tertiary/aromatic N) is 2. The highest BCUT2D eigenvalue weighted by Gasteiger charge is 2.02. The van der Waals surface area contributed by atoms with Crippen LogP contribution in [0.25, 0.3) is 10.9 Å². The van der Waals surface area contributed by atoms with Crippen molar-refractivity contribution in [2.45, 2.75) is 19.8 Å². The third kappa shape index (κ3) is 1.53. The fraction of sp³-hybridized carbons (Fsp3) is 0.273. The summed E-state index contributed by atoms with van der Waals surface area (Å²) in [5, 5.41) is 0.937. The van der Waals surface area contributed by atoms with Crippen LogP contribution < -0.4 is 5.73 Å². The summed E-state index contributed by atoms with van der Waals surface area (Å²) in [4.78, 5) is 8.69. The second kappa shape index (κ2) is 3.62. The molecular weight excluding hydrogens is 174 g/mol. The zero-order chi connectivity index (χ0) is 9.97. The van der Waals surface area contributed by atoms with E-state index in [1.807, 2.05) is 24.3 Å². The number of rotatable bonds is 2. The van der Waals surface area contributed by atoms with Crippen LogP contribution in [0.15, 0.2) is 24.3 Å². The number of aromatic nitrogens is 2. The lowest BCUT2D eigenvalue weighted by Crippen LogP contribution is -2.00. The first-order valence-electron chi connectivity index (χ1n) is 4.82. The molecule has 0 atom stereocenters.